The average Bonchev–Trinajstić information content (AvgIpc) is 2.96. The lowest BCUT2D eigenvalue weighted by atomic mass is 10.00. The first kappa shape index (κ1) is 37.3. The van der Waals surface area contributed by atoms with Gasteiger partial charge in [0.2, 0.25) is 0 Å². The second-order valence-corrected chi connectivity index (χ2v) is 13.3. The quantitative estimate of drug-likeness (QED) is 0.137. The number of halogens is 4. The Hall–Kier alpha value is -3.20. The third-order valence-electron chi connectivity index (χ3n) is 7.09. The summed E-state index contributed by atoms with van der Waals surface area (Å²) < 4.78 is 70.7. The Morgan fingerprint density at radius 3 is 2.37 bits per heavy atom. The lowest BCUT2D eigenvalue weighted by Crippen LogP contribution is -2.48. The predicted octanol–water partition coefficient (Wildman–Crippen LogP) is 6.55. The van der Waals surface area contributed by atoms with Crippen molar-refractivity contribution in [2.45, 2.75) is 64.3 Å². The van der Waals surface area contributed by atoms with E-state index in [1.807, 2.05) is 44.2 Å². The number of hydrogen-bond donors (Lipinski definition) is 5. The molecule has 0 aromatic heterocycles. The van der Waals surface area contributed by atoms with Crippen molar-refractivity contribution in [1.29, 1.82) is 0 Å². The lowest BCUT2D eigenvalue weighted by molar-refractivity contribution is -0.274. The number of carbonyl (C=O) groups excluding carboxylic acids is 1. The van der Waals surface area contributed by atoms with E-state index in [0.29, 0.717) is 36.4 Å². The monoisotopic (exact) mass is 687 g/mol. The molecule has 14 heteroatoms. The molecule has 0 unspecified atom stereocenters. The van der Waals surface area contributed by atoms with Crippen LogP contribution in [0.2, 0.25) is 0 Å². The van der Waals surface area contributed by atoms with Gasteiger partial charge in [-0.15, -0.1) is 36.4 Å². The smallest absolute Gasteiger partial charge is 0.491 e. The molecule has 1 aliphatic heterocycles. The molecule has 4 rings (SSSR count). The van der Waals surface area contributed by atoms with Crippen LogP contribution in [0, 0.1) is 0 Å². The second kappa shape index (κ2) is 16.6. The van der Waals surface area contributed by atoms with E-state index in [1.165, 1.54) is 22.5 Å². The van der Waals surface area contributed by atoms with Crippen molar-refractivity contribution in [3.63, 3.8) is 0 Å². The van der Waals surface area contributed by atoms with E-state index < -0.39 is 35.2 Å². The maximum Gasteiger partial charge on any atom is 0.573 e. The molecule has 0 saturated carbocycles. The molecular weight excluding hydrogens is 647 g/mol. The van der Waals surface area contributed by atoms with E-state index in [0.717, 1.165) is 12.0 Å². The molecule has 0 radical (unpaired) electrons. The SMILES string of the molecule is CC(C)Oc1cc(C(=O)N[C@@H](Cc2ccccc2)[C@@H](O)CNCc2cccc(OC(F)(F)F)c2)cc(N2CCCCS2(O)O)c1.Cl. The fourth-order valence-electron chi connectivity index (χ4n) is 5.07. The first-order chi connectivity index (χ1) is 21.3. The van der Waals surface area contributed by atoms with Crippen molar-refractivity contribution in [3.8, 4) is 11.5 Å². The van der Waals surface area contributed by atoms with Gasteiger partial charge in [-0.05, 0) is 68.5 Å². The Bertz CT molecular complexity index is 1420. The first-order valence-electron chi connectivity index (χ1n) is 14.7. The molecule has 1 heterocycles. The molecule has 3 aromatic carbocycles. The summed E-state index contributed by atoms with van der Waals surface area (Å²) in [7, 11) is -3.05. The van der Waals surface area contributed by atoms with Crippen LogP contribution in [0.4, 0.5) is 18.9 Å². The van der Waals surface area contributed by atoms with Crippen LogP contribution in [0.3, 0.4) is 0 Å². The molecule has 254 valence electrons. The number of aliphatic hydroxyl groups excluding tert-OH is 1. The van der Waals surface area contributed by atoms with Crippen LogP contribution in [0.5, 0.6) is 11.5 Å². The normalized spacial score (nSPS) is 16.6. The summed E-state index contributed by atoms with van der Waals surface area (Å²) in [5.41, 5.74) is 2.07. The predicted molar refractivity (Wildman–Crippen MR) is 176 cm³/mol. The molecule has 2 atom stereocenters. The van der Waals surface area contributed by atoms with Gasteiger partial charge in [-0.25, -0.2) is 0 Å². The van der Waals surface area contributed by atoms with Crippen LogP contribution < -0.4 is 24.4 Å². The first-order valence-corrected chi connectivity index (χ1v) is 16.4. The Morgan fingerprint density at radius 2 is 1.70 bits per heavy atom. The number of aliphatic hydroxyl groups is 1. The van der Waals surface area contributed by atoms with Crippen LogP contribution in [0.1, 0.15) is 48.2 Å². The Morgan fingerprint density at radius 1 is 0.978 bits per heavy atom. The van der Waals surface area contributed by atoms with E-state index in [4.69, 9.17) is 4.74 Å². The number of benzene rings is 3. The van der Waals surface area contributed by atoms with Gasteiger partial charge in [0, 0.05) is 31.3 Å². The standard InChI is InChI=1S/C32H40F3N3O6S.ClH/c1-22(2)43-28-18-25(17-26(19-28)38-13-6-7-14-45(38,41)42)31(40)37-29(16-23-9-4-3-5-10-23)30(39)21-36-20-24-11-8-12-27(15-24)44-32(33,34)35;/h3-5,8-12,15,17-19,22,29-30,36,39,41-42H,6-7,13-14,16,20-21H2,1-2H3,(H,37,40);1H/t29-,30-;/m0./s1. The van der Waals surface area contributed by atoms with Crippen molar-refractivity contribution in [2.24, 2.45) is 0 Å². The molecule has 1 amide bonds. The number of ether oxygens (including phenoxy) is 2. The molecule has 0 spiro atoms. The maximum absolute atomic E-state index is 13.7. The number of nitrogens with zero attached hydrogens (tertiary/aromatic N) is 1. The summed E-state index contributed by atoms with van der Waals surface area (Å²) in [4.78, 5) is 13.7. The van der Waals surface area contributed by atoms with Gasteiger partial charge in [0.1, 0.15) is 11.5 Å². The molecule has 1 fully saturated rings. The topological polar surface area (TPSA) is 124 Å². The van der Waals surface area contributed by atoms with Crippen LogP contribution >= 0.6 is 23.2 Å². The average molecular weight is 688 g/mol. The maximum atomic E-state index is 13.7. The zero-order valence-corrected chi connectivity index (χ0v) is 27.2. The van der Waals surface area contributed by atoms with E-state index in [9.17, 15) is 32.2 Å². The molecule has 9 nitrogen and oxygen atoms in total. The number of anilines is 1. The number of rotatable bonds is 13. The minimum absolute atomic E-state index is 0. The highest BCUT2D eigenvalue weighted by Gasteiger charge is 2.31. The number of hydrogen-bond acceptors (Lipinski definition) is 8. The highest BCUT2D eigenvalue weighted by molar-refractivity contribution is 8.25. The van der Waals surface area contributed by atoms with E-state index in [2.05, 4.69) is 15.4 Å². The fraction of sp³-hybridized carbons (Fsp3) is 0.406. The Balaban J connectivity index is 0.00000576. The summed E-state index contributed by atoms with van der Waals surface area (Å²) in [6.07, 6.45) is -4.32. The van der Waals surface area contributed by atoms with Gasteiger partial charge in [-0.3, -0.25) is 18.2 Å². The Kier molecular flexibility index (Phi) is 13.4. The molecule has 5 N–H and O–H groups in total. The van der Waals surface area contributed by atoms with Crippen LogP contribution in [-0.4, -0.2) is 63.6 Å². The summed E-state index contributed by atoms with van der Waals surface area (Å²) in [5.74, 6) is -0.199. The Labute approximate surface area is 275 Å². The minimum Gasteiger partial charge on any atom is -0.491 e. The number of amides is 1. The van der Waals surface area contributed by atoms with Crippen molar-refractivity contribution >= 4 is 34.8 Å². The lowest BCUT2D eigenvalue weighted by Gasteiger charge is -2.47. The van der Waals surface area contributed by atoms with Gasteiger partial charge < -0.3 is 25.2 Å². The third kappa shape index (κ3) is 11.2. The van der Waals surface area contributed by atoms with Crippen molar-refractivity contribution in [2.75, 3.05) is 23.1 Å². The van der Waals surface area contributed by atoms with Crippen LogP contribution in [-0.2, 0) is 13.0 Å². The molecule has 3 aromatic rings. The van der Waals surface area contributed by atoms with Crippen molar-refractivity contribution < 1.29 is 41.7 Å². The van der Waals surface area contributed by atoms with Crippen LogP contribution in [0.25, 0.3) is 0 Å². The molecule has 46 heavy (non-hydrogen) atoms. The zero-order chi connectivity index (χ0) is 32.6. The fourth-order valence-corrected chi connectivity index (χ4v) is 6.74. The number of carbonyl (C=O) groups is 1. The van der Waals surface area contributed by atoms with E-state index in [-0.39, 0.29) is 48.7 Å². The second-order valence-electron chi connectivity index (χ2n) is 11.2. The van der Waals surface area contributed by atoms with E-state index >= 15 is 0 Å². The summed E-state index contributed by atoms with van der Waals surface area (Å²) in [6.45, 7) is 4.29. The van der Waals surface area contributed by atoms with Gasteiger partial charge >= 0.3 is 6.36 Å². The summed E-state index contributed by atoms with van der Waals surface area (Å²) in [6, 6.07) is 19.0. The van der Waals surface area contributed by atoms with Gasteiger partial charge in [0.05, 0.1) is 29.7 Å². The van der Waals surface area contributed by atoms with Crippen LogP contribution in [0.15, 0.2) is 72.8 Å². The van der Waals surface area contributed by atoms with E-state index in [1.54, 1.807) is 24.3 Å². The summed E-state index contributed by atoms with van der Waals surface area (Å²) in [5, 5.41) is 17.2. The number of nitrogens with one attached hydrogen (secondary N) is 2. The molecule has 1 saturated heterocycles. The molecule has 0 aliphatic carbocycles. The largest absolute Gasteiger partial charge is 0.573 e. The highest BCUT2D eigenvalue weighted by Crippen LogP contribution is 2.50. The van der Waals surface area contributed by atoms with Crippen molar-refractivity contribution in [3.05, 3.63) is 89.5 Å². The number of alkyl halides is 3. The highest BCUT2D eigenvalue weighted by atomic mass is 35.5. The van der Waals surface area contributed by atoms with Gasteiger partial charge in [0.15, 0.2) is 0 Å². The van der Waals surface area contributed by atoms with Crippen molar-refractivity contribution in [1.82, 2.24) is 10.6 Å². The molecular formula is C32H41ClF3N3O6S. The van der Waals surface area contributed by atoms with Gasteiger partial charge in [-0.2, -0.15) is 0 Å². The zero-order valence-electron chi connectivity index (χ0n) is 25.6. The summed E-state index contributed by atoms with van der Waals surface area (Å²) >= 11 is 0. The third-order valence-corrected chi connectivity index (χ3v) is 9.03. The molecule has 1 aliphatic rings. The van der Waals surface area contributed by atoms with Gasteiger partial charge in [0.25, 0.3) is 5.91 Å². The van der Waals surface area contributed by atoms with Gasteiger partial charge in [-0.1, -0.05) is 42.5 Å². The minimum atomic E-state index is -4.80. The molecule has 0 bridgehead atoms.